The summed E-state index contributed by atoms with van der Waals surface area (Å²) < 4.78 is 19.2. The zero-order valence-corrected chi connectivity index (χ0v) is 19.3. The molecule has 7 N–H and O–H groups in total. The largest absolute Gasteiger partial charge is 0.477 e. The van der Waals surface area contributed by atoms with E-state index in [9.17, 15) is 23.6 Å². The van der Waals surface area contributed by atoms with E-state index >= 15 is 0 Å². The number of benzene rings is 1. The van der Waals surface area contributed by atoms with Crippen molar-refractivity contribution in [1.82, 2.24) is 19.4 Å². The molecule has 0 unspecified atom stereocenters. The van der Waals surface area contributed by atoms with Crippen LogP contribution in [0.5, 0.6) is 0 Å². The smallest absolute Gasteiger partial charge is 0.356 e. The van der Waals surface area contributed by atoms with Crippen molar-refractivity contribution in [2.24, 2.45) is 0 Å². The lowest BCUT2D eigenvalue weighted by atomic mass is 10.1. The lowest BCUT2D eigenvalue weighted by Gasteiger charge is -2.11. The van der Waals surface area contributed by atoms with Crippen molar-refractivity contribution in [3.05, 3.63) is 79.1 Å². The van der Waals surface area contributed by atoms with Crippen molar-refractivity contribution in [2.45, 2.75) is 13.1 Å². The molecule has 0 aliphatic heterocycles. The maximum absolute atomic E-state index is 13.6. The molecule has 4 aromatic rings. The molecule has 0 amide bonds. The van der Waals surface area contributed by atoms with Gasteiger partial charge in [-0.2, -0.15) is 0 Å². The number of nitrogens with zero attached hydrogens (tertiary/aromatic N) is 3. The number of anilines is 3. The number of carbonyl (C=O) groups is 2. The number of halogens is 2. The number of esters is 1. The lowest BCUT2D eigenvalue weighted by molar-refractivity contribution is 0.0590. The van der Waals surface area contributed by atoms with Crippen molar-refractivity contribution in [3.8, 4) is 0 Å². The number of hydrogen-bond acceptors (Lipinski definition) is 11. The van der Waals surface area contributed by atoms with Crippen LogP contribution in [0, 0.1) is 5.82 Å². The number of ether oxygens (including phenoxy) is 1. The molecule has 2 aromatic heterocycles. The second-order valence-electron chi connectivity index (χ2n) is 7.20. The van der Waals surface area contributed by atoms with Gasteiger partial charge in [-0.25, -0.2) is 28.3 Å². The quantitative estimate of drug-likeness (QED) is 0.130. The number of aromatic carboxylic acids is 1. The molecular formula is C21H19ClFN7O6. The topological polar surface area (TPSA) is 204 Å². The van der Waals surface area contributed by atoms with Crippen LogP contribution in [0.1, 0.15) is 32.1 Å². The van der Waals surface area contributed by atoms with Crippen LogP contribution in [0.3, 0.4) is 0 Å². The van der Waals surface area contributed by atoms with Gasteiger partial charge >= 0.3 is 11.9 Å². The number of aromatic nitrogens is 3. The van der Waals surface area contributed by atoms with Crippen LogP contribution >= 0.6 is 11.8 Å². The van der Waals surface area contributed by atoms with E-state index in [4.69, 9.17) is 28.4 Å². The summed E-state index contributed by atoms with van der Waals surface area (Å²) in [5.41, 5.74) is 10.4. The highest BCUT2D eigenvalue weighted by atomic mass is 35.5. The predicted molar refractivity (Wildman–Crippen MR) is 128 cm³/mol. The summed E-state index contributed by atoms with van der Waals surface area (Å²) in [5, 5.41) is 15.3. The van der Waals surface area contributed by atoms with E-state index in [2.05, 4.69) is 25.0 Å². The highest BCUT2D eigenvalue weighted by molar-refractivity contribution is 6.13. The van der Waals surface area contributed by atoms with Crippen molar-refractivity contribution < 1.29 is 23.8 Å². The number of carboxylic acid groups (broad SMARTS) is 1. The Morgan fingerprint density at radius 3 is 2.50 bits per heavy atom. The number of methoxy groups -OCH3 is 1. The molecule has 36 heavy (non-hydrogen) atoms. The third-order valence-electron chi connectivity index (χ3n) is 4.84. The van der Waals surface area contributed by atoms with Gasteiger partial charge in [-0.15, -0.1) is 5.10 Å². The molecule has 2 aromatic carbocycles. The van der Waals surface area contributed by atoms with E-state index < -0.39 is 28.6 Å². The molecule has 0 spiro atoms. The third kappa shape index (κ3) is 5.39. The molecule has 0 bridgehead atoms. The van der Waals surface area contributed by atoms with Crippen LogP contribution in [0.4, 0.5) is 21.6 Å². The Balaban J connectivity index is 0.000000202. The summed E-state index contributed by atoms with van der Waals surface area (Å²) >= 11 is 5.38. The summed E-state index contributed by atoms with van der Waals surface area (Å²) in [4.78, 5) is 50.6. The molecule has 0 aliphatic rings. The van der Waals surface area contributed by atoms with Crippen LogP contribution in [0.15, 0.2) is 39.9 Å². The second-order valence-corrected chi connectivity index (χ2v) is 7.47. The van der Waals surface area contributed by atoms with Gasteiger partial charge in [0.1, 0.15) is 23.0 Å². The number of carbonyl (C=O) groups excluding carboxylic acids is 1. The third-order valence-corrected chi connectivity index (χ3v) is 4.98. The first-order valence-corrected chi connectivity index (χ1v) is 10.4. The minimum absolute atomic E-state index is 0.0465. The van der Waals surface area contributed by atoms with Gasteiger partial charge in [-0.1, -0.05) is 6.07 Å². The van der Waals surface area contributed by atoms with E-state index in [1.807, 2.05) is 0 Å². The zero-order chi connectivity index (χ0) is 26.6. The summed E-state index contributed by atoms with van der Waals surface area (Å²) in [6.07, 6.45) is 0. The normalized spacial score (nSPS) is 10.6. The average Bonchev–Trinajstić information content (AvgIpc) is 3.25. The van der Waals surface area contributed by atoms with E-state index in [1.165, 1.54) is 19.2 Å². The molecule has 15 heteroatoms. The fraction of sp³-hybridized carbons (Fsp3) is 0.143. The number of carboxylic acids is 1. The van der Waals surface area contributed by atoms with Crippen molar-refractivity contribution in [1.29, 1.82) is 0 Å². The molecular weight excluding hydrogens is 501 g/mol. The number of fused-ring (bicyclic) bond motifs is 1. The maximum atomic E-state index is 13.6. The first-order valence-electron chi connectivity index (χ1n) is 9.98. The fourth-order valence-corrected chi connectivity index (χ4v) is 3.23. The minimum atomic E-state index is -1.25. The van der Waals surface area contributed by atoms with E-state index in [0.717, 1.165) is 16.1 Å². The molecule has 0 saturated heterocycles. The maximum Gasteiger partial charge on any atom is 0.356 e. The lowest BCUT2D eigenvalue weighted by Crippen LogP contribution is -2.37. The van der Waals surface area contributed by atoms with Crippen LogP contribution in [0.25, 0.3) is 5.65 Å². The fourth-order valence-electron chi connectivity index (χ4n) is 3.07. The summed E-state index contributed by atoms with van der Waals surface area (Å²) in [6, 6.07) is 6.96. The molecule has 0 atom stereocenters. The van der Waals surface area contributed by atoms with Gasteiger partial charge in [0.25, 0.3) is 10.9 Å². The number of rotatable bonds is 7. The Hall–Kier alpha value is -4.56. The standard InChI is InChI=1S/C12H11ClFN3O2.C9H8N4O4/c13-17-4-6-1-2-8(14)7(3-6)5-16-10-9(15)11(18)12(10)19;1-17-9(16)5-2-4(8(14)15)11-7-3-6(10)12-13(5)7/h1-3,16-17H,4-5,15H2;2-3H,1H3,(H2,10,12)(H,14,15). The van der Waals surface area contributed by atoms with Gasteiger partial charge < -0.3 is 26.6 Å². The number of nitrogens with one attached hydrogen (secondary N) is 2. The molecule has 0 radical (unpaired) electrons. The SMILES string of the molecule is COC(=O)c1cc(C(=O)O)nc2cc(N)nn12.Nc1c(NCc2cc(CNCl)ccc2F)c(=O)c1=O. The predicted octanol–water partition coefficient (Wildman–Crippen LogP) is 0.656. The van der Waals surface area contributed by atoms with Gasteiger partial charge in [-0.3, -0.25) is 9.59 Å². The summed E-state index contributed by atoms with van der Waals surface area (Å²) in [6.45, 7) is 0.452. The number of hydrogen-bond donors (Lipinski definition) is 5. The molecule has 188 valence electrons. The highest BCUT2D eigenvalue weighted by Gasteiger charge is 2.19. The Morgan fingerprint density at radius 2 is 1.89 bits per heavy atom. The molecule has 0 aliphatic carbocycles. The van der Waals surface area contributed by atoms with Crippen molar-refractivity contribution in [3.63, 3.8) is 0 Å². The van der Waals surface area contributed by atoms with Gasteiger partial charge in [0.2, 0.25) is 0 Å². The minimum Gasteiger partial charge on any atom is -0.477 e. The van der Waals surface area contributed by atoms with Gasteiger partial charge in [0, 0.05) is 30.8 Å². The van der Waals surface area contributed by atoms with Crippen LogP contribution in [-0.2, 0) is 17.8 Å². The molecule has 0 saturated carbocycles. The first-order chi connectivity index (χ1) is 17.1. The van der Waals surface area contributed by atoms with E-state index in [0.29, 0.717) is 12.1 Å². The number of nitrogens with two attached hydrogens (primary N) is 2. The van der Waals surface area contributed by atoms with Crippen LogP contribution in [0.2, 0.25) is 0 Å². The Morgan fingerprint density at radius 1 is 1.17 bits per heavy atom. The van der Waals surface area contributed by atoms with Gasteiger partial charge in [-0.05, 0) is 29.5 Å². The van der Waals surface area contributed by atoms with E-state index in [1.54, 1.807) is 12.1 Å². The van der Waals surface area contributed by atoms with Crippen LogP contribution in [-0.4, -0.2) is 38.8 Å². The first kappa shape index (κ1) is 26.1. The van der Waals surface area contributed by atoms with Gasteiger partial charge in [0.05, 0.1) is 7.11 Å². The molecule has 0 fully saturated rings. The van der Waals surface area contributed by atoms with Crippen molar-refractivity contribution >= 4 is 46.6 Å². The molecule has 4 rings (SSSR count). The zero-order valence-electron chi connectivity index (χ0n) is 18.5. The van der Waals surface area contributed by atoms with Crippen molar-refractivity contribution in [2.75, 3.05) is 23.9 Å². The van der Waals surface area contributed by atoms with Gasteiger partial charge in [0.15, 0.2) is 17.0 Å². The average molecular weight is 520 g/mol. The van der Waals surface area contributed by atoms with Crippen LogP contribution < -0.4 is 32.5 Å². The highest BCUT2D eigenvalue weighted by Crippen LogP contribution is 2.15. The Labute approximate surface area is 206 Å². The molecule has 13 nitrogen and oxygen atoms in total. The summed E-state index contributed by atoms with van der Waals surface area (Å²) in [7, 11) is 1.18. The number of nitrogen functional groups attached to an aromatic ring is 2. The summed E-state index contributed by atoms with van der Waals surface area (Å²) in [5.74, 6) is -2.26. The second kappa shape index (κ2) is 10.8. The Bertz CT molecular complexity index is 1530. The Kier molecular flexibility index (Phi) is 7.81. The monoisotopic (exact) mass is 519 g/mol. The molecule has 2 heterocycles. The van der Waals surface area contributed by atoms with E-state index in [-0.39, 0.29) is 40.8 Å².